The molecule has 0 N–H and O–H groups in total. The Balaban J connectivity index is 2.82. The van der Waals surface area contributed by atoms with Crippen molar-refractivity contribution in [1.82, 2.24) is 0 Å². The number of rotatable bonds is 6. The van der Waals surface area contributed by atoms with Gasteiger partial charge in [0.05, 0.1) is 6.10 Å². The zero-order valence-electron chi connectivity index (χ0n) is 12.7. The quantitative estimate of drug-likeness (QED) is 0.471. The molecule has 1 saturated carbocycles. The van der Waals surface area contributed by atoms with E-state index in [0.717, 1.165) is 0 Å². The SMILES string of the molecule is C=C(C)[C@H]1C[C@@H]1O[Si](C(C)C)(C(C)C)C(C)C. The molecule has 0 aliphatic heterocycles. The van der Waals surface area contributed by atoms with E-state index in [1.807, 2.05) is 0 Å². The van der Waals surface area contributed by atoms with Crippen molar-refractivity contribution in [3.63, 3.8) is 0 Å². The maximum atomic E-state index is 6.69. The minimum atomic E-state index is -1.66. The lowest BCUT2D eigenvalue weighted by Crippen LogP contribution is -2.48. The summed E-state index contributed by atoms with van der Waals surface area (Å²) in [5, 5.41) is 0. The summed E-state index contributed by atoms with van der Waals surface area (Å²) in [7, 11) is -1.66. The summed E-state index contributed by atoms with van der Waals surface area (Å²) in [6, 6.07) is 0. The predicted octanol–water partition coefficient (Wildman–Crippen LogP) is 5.14. The molecule has 1 fully saturated rings. The summed E-state index contributed by atoms with van der Waals surface area (Å²) >= 11 is 0. The normalized spacial score (nSPS) is 24.8. The van der Waals surface area contributed by atoms with Crippen LogP contribution < -0.4 is 0 Å². The molecule has 0 aromatic heterocycles. The highest BCUT2D eigenvalue weighted by Crippen LogP contribution is 2.49. The van der Waals surface area contributed by atoms with E-state index in [4.69, 9.17) is 4.43 Å². The van der Waals surface area contributed by atoms with Gasteiger partial charge in [-0.3, -0.25) is 0 Å². The van der Waals surface area contributed by atoms with E-state index in [1.54, 1.807) is 0 Å². The molecule has 0 unspecified atom stereocenters. The van der Waals surface area contributed by atoms with Crippen LogP contribution in [0, 0.1) is 5.92 Å². The van der Waals surface area contributed by atoms with Gasteiger partial charge in [-0.1, -0.05) is 53.7 Å². The van der Waals surface area contributed by atoms with Crippen LogP contribution in [-0.2, 0) is 4.43 Å². The molecule has 100 valence electrons. The smallest absolute Gasteiger partial charge is 0.200 e. The number of hydrogen-bond donors (Lipinski definition) is 0. The molecule has 0 radical (unpaired) electrons. The first-order valence-corrected chi connectivity index (χ1v) is 9.20. The Morgan fingerprint density at radius 3 is 1.71 bits per heavy atom. The Morgan fingerprint density at radius 1 is 1.06 bits per heavy atom. The van der Waals surface area contributed by atoms with E-state index in [9.17, 15) is 0 Å². The Labute approximate surface area is 109 Å². The largest absolute Gasteiger partial charge is 0.413 e. The third-order valence-corrected chi connectivity index (χ3v) is 10.6. The zero-order valence-corrected chi connectivity index (χ0v) is 13.7. The van der Waals surface area contributed by atoms with E-state index in [0.29, 0.717) is 28.6 Å². The molecule has 2 heteroatoms. The van der Waals surface area contributed by atoms with Crippen LogP contribution >= 0.6 is 0 Å². The topological polar surface area (TPSA) is 9.23 Å². The van der Waals surface area contributed by atoms with Crippen LogP contribution in [0.2, 0.25) is 16.6 Å². The summed E-state index contributed by atoms with van der Waals surface area (Å²) in [5.74, 6) is 0.637. The van der Waals surface area contributed by atoms with Gasteiger partial charge in [0.25, 0.3) is 0 Å². The van der Waals surface area contributed by atoms with E-state index >= 15 is 0 Å². The molecule has 2 atom stereocenters. The summed E-state index contributed by atoms with van der Waals surface area (Å²) < 4.78 is 6.69. The second-order valence-corrected chi connectivity index (χ2v) is 12.1. The van der Waals surface area contributed by atoms with Crippen LogP contribution in [-0.4, -0.2) is 14.4 Å². The van der Waals surface area contributed by atoms with Crippen molar-refractivity contribution in [3.8, 4) is 0 Å². The van der Waals surface area contributed by atoms with Gasteiger partial charge in [-0.25, -0.2) is 0 Å². The average molecular weight is 254 g/mol. The lowest BCUT2D eigenvalue weighted by molar-refractivity contribution is 0.253. The third-order valence-electron chi connectivity index (χ3n) is 4.43. The fourth-order valence-corrected chi connectivity index (χ4v) is 9.09. The van der Waals surface area contributed by atoms with Gasteiger partial charge in [0, 0.05) is 5.92 Å². The molecule has 1 aliphatic carbocycles. The molecule has 0 aromatic carbocycles. The number of hydrogen-bond acceptors (Lipinski definition) is 1. The molecule has 0 heterocycles. The van der Waals surface area contributed by atoms with E-state index < -0.39 is 8.32 Å². The second-order valence-electron chi connectivity index (χ2n) is 6.66. The minimum Gasteiger partial charge on any atom is -0.413 e. The molecular formula is C15H30OSi. The van der Waals surface area contributed by atoms with Gasteiger partial charge < -0.3 is 4.43 Å². The van der Waals surface area contributed by atoms with Crippen molar-refractivity contribution < 1.29 is 4.43 Å². The van der Waals surface area contributed by atoms with Crippen molar-refractivity contribution in [3.05, 3.63) is 12.2 Å². The molecule has 0 saturated heterocycles. The Hall–Kier alpha value is -0.0831. The van der Waals surface area contributed by atoms with Gasteiger partial charge in [-0.15, -0.1) is 0 Å². The maximum absolute atomic E-state index is 6.69. The van der Waals surface area contributed by atoms with Gasteiger partial charge in [-0.05, 0) is 30.0 Å². The lowest BCUT2D eigenvalue weighted by atomic mass is 10.2. The van der Waals surface area contributed by atoms with Crippen molar-refractivity contribution in [2.45, 2.75) is 77.6 Å². The average Bonchev–Trinajstić information content (AvgIpc) is 2.91. The summed E-state index contributed by atoms with van der Waals surface area (Å²) in [6.07, 6.45) is 1.68. The fraction of sp³-hybridized carbons (Fsp3) is 0.867. The highest BCUT2D eigenvalue weighted by molar-refractivity contribution is 6.77. The lowest BCUT2D eigenvalue weighted by Gasteiger charge is -2.42. The highest BCUT2D eigenvalue weighted by Gasteiger charge is 2.51. The Bertz CT molecular complexity index is 259. The molecule has 1 nitrogen and oxygen atoms in total. The molecule has 17 heavy (non-hydrogen) atoms. The molecule has 1 aliphatic rings. The zero-order chi connectivity index (χ0) is 13.4. The Kier molecular flexibility index (Phi) is 4.65. The summed E-state index contributed by atoms with van der Waals surface area (Å²) in [6.45, 7) is 20.3. The molecule has 0 aromatic rings. The standard InChI is InChI=1S/C15H30OSi/c1-10(2)14-9-15(14)16-17(11(3)4,12(5)6)13(7)8/h11-15H,1,9H2,2-8H3/t14-,15+/m1/s1. The Morgan fingerprint density at radius 2 is 1.47 bits per heavy atom. The van der Waals surface area contributed by atoms with E-state index in [-0.39, 0.29) is 0 Å². The fourth-order valence-electron chi connectivity index (χ4n) is 3.49. The van der Waals surface area contributed by atoms with Crippen molar-refractivity contribution in [2.24, 2.45) is 5.92 Å². The first kappa shape index (κ1) is 15.0. The molecule has 1 rings (SSSR count). The first-order valence-electron chi connectivity index (χ1n) is 7.06. The van der Waals surface area contributed by atoms with Crippen LogP contribution in [0.15, 0.2) is 12.2 Å². The molecule has 0 bridgehead atoms. The summed E-state index contributed by atoms with van der Waals surface area (Å²) in [4.78, 5) is 0. The van der Waals surface area contributed by atoms with Crippen molar-refractivity contribution in [2.75, 3.05) is 0 Å². The van der Waals surface area contributed by atoms with Gasteiger partial charge >= 0.3 is 0 Å². The van der Waals surface area contributed by atoms with Gasteiger partial charge in [0.2, 0.25) is 8.32 Å². The van der Waals surface area contributed by atoms with E-state index in [2.05, 4.69) is 55.0 Å². The third kappa shape index (κ3) is 2.85. The van der Waals surface area contributed by atoms with Crippen LogP contribution in [0.4, 0.5) is 0 Å². The molecular weight excluding hydrogens is 224 g/mol. The predicted molar refractivity (Wildman–Crippen MR) is 78.8 cm³/mol. The second kappa shape index (κ2) is 5.27. The van der Waals surface area contributed by atoms with Crippen LogP contribution in [0.3, 0.4) is 0 Å². The maximum Gasteiger partial charge on any atom is 0.200 e. The van der Waals surface area contributed by atoms with Crippen LogP contribution in [0.1, 0.15) is 54.9 Å². The van der Waals surface area contributed by atoms with Gasteiger partial charge in [0.1, 0.15) is 0 Å². The van der Waals surface area contributed by atoms with Gasteiger partial charge in [0.15, 0.2) is 0 Å². The van der Waals surface area contributed by atoms with Gasteiger partial charge in [-0.2, -0.15) is 0 Å². The van der Waals surface area contributed by atoms with Crippen molar-refractivity contribution in [1.29, 1.82) is 0 Å². The summed E-state index contributed by atoms with van der Waals surface area (Å²) in [5.41, 5.74) is 3.37. The van der Waals surface area contributed by atoms with Crippen molar-refractivity contribution >= 4 is 8.32 Å². The highest BCUT2D eigenvalue weighted by atomic mass is 28.4. The van der Waals surface area contributed by atoms with Crippen LogP contribution in [0.5, 0.6) is 0 Å². The molecule has 0 amide bonds. The first-order chi connectivity index (χ1) is 7.73. The van der Waals surface area contributed by atoms with Crippen LogP contribution in [0.25, 0.3) is 0 Å². The minimum absolute atomic E-state index is 0.478. The van der Waals surface area contributed by atoms with E-state index in [1.165, 1.54) is 12.0 Å². The monoisotopic (exact) mass is 254 g/mol. The molecule has 0 spiro atoms.